The topological polar surface area (TPSA) is 87.7 Å². The zero-order chi connectivity index (χ0) is 20.0. The lowest BCUT2D eigenvalue weighted by atomic mass is 9.96. The van der Waals surface area contributed by atoms with E-state index in [4.69, 9.17) is 4.74 Å². The second kappa shape index (κ2) is 9.05. The highest BCUT2D eigenvalue weighted by molar-refractivity contribution is 5.87. The SMILES string of the molecule is CC(C)(C)/C=C/C(=O)N1CCC(NC(=O)CNC(=O)OC(C)(C)C)CC1. The van der Waals surface area contributed by atoms with Gasteiger partial charge in [0, 0.05) is 19.1 Å². The third-order valence-electron chi connectivity index (χ3n) is 3.69. The molecule has 1 aliphatic heterocycles. The molecule has 0 aliphatic carbocycles. The lowest BCUT2D eigenvalue weighted by molar-refractivity contribution is -0.127. The van der Waals surface area contributed by atoms with Gasteiger partial charge in [-0.05, 0) is 45.1 Å². The van der Waals surface area contributed by atoms with E-state index in [-0.39, 0.29) is 29.8 Å². The molecule has 148 valence electrons. The summed E-state index contributed by atoms with van der Waals surface area (Å²) in [5.41, 5.74) is -0.621. The Hall–Kier alpha value is -2.05. The molecule has 1 heterocycles. The number of ether oxygens (including phenoxy) is 1. The zero-order valence-corrected chi connectivity index (χ0v) is 16.8. The van der Waals surface area contributed by atoms with E-state index < -0.39 is 11.7 Å². The van der Waals surface area contributed by atoms with E-state index >= 15 is 0 Å². The first-order valence-corrected chi connectivity index (χ1v) is 9.10. The summed E-state index contributed by atoms with van der Waals surface area (Å²) in [6.07, 6.45) is 4.33. The van der Waals surface area contributed by atoms with Crippen molar-refractivity contribution in [1.82, 2.24) is 15.5 Å². The van der Waals surface area contributed by atoms with Gasteiger partial charge >= 0.3 is 6.09 Å². The maximum atomic E-state index is 12.2. The molecule has 1 fully saturated rings. The minimum Gasteiger partial charge on any atom is -0.444 e. The Balaban J connectivity index is 2.31. The molecule has 7 nitrogen and oxygen atoms in total. The Morgan fingerprint density at radius 1 is 1.08 bits per heavy atom. The standard InChI is InChI=1S/C19H33N3O4/c1-18(2,3)10-7-16(24)22-11-8-14(9-12-22)21-15(23)13-20-17(25)26-19(4,5)6/h7,10,14H,8-9,11-13H2,1-6H3,(H,20,25)(H,21,23)/b10-7+. The third kappa shape index (κ3) is 9.44. The van der Waals surface area contributed by atoms with Crippen molar-refractivity contribution in [3.8, 4) is 0 Å². The second-order valence-corrected chi connectivity index (χ2v) is 8.72. The largest absolute Gasteiger partial charge is 0.444 e. The molecule has 0 radical (unpaired) electrons. The summed E-state index contributed by atoms with van der Waals surface area (Å²) in [7, 11) is 0. The van der Waals surface area contributed by atoms with Gasteiger partial charge in [0.15, 0.2) is 0 Å². The molecule has 1 aliphatic rings. The van der Waals surface area contributed by atoms with E-state index in [0.717, 1.165) is 0 Å². The quantitative estimate of drug-likeness (QED) is 0.746. The molecule has 0 atom stereocenters. The van der Waals surface area contributed by atoms with Gasteiger partial charge in [-0.2, -0.15) is 0 Å². The predicted molar refractivity (Wildman–Crippen MR) is 101 cm³/mol. The first kappa shape index (κ1) is 22.0. The van der Waals surface area contributed by atoms with Crippen molar-refractivity contribution in [1.29, 1.82) is 0 Å². The fourth-order valence-electron chi connectivity index (χ4n) is 2.42. The number of alkyl carbamates (subject to hydrolysis) is 1. The van der Waals surface area contributed by atoms with Gasteiger partial charge in [0.2, 0.25) is 11.8 Å². The predicted octanol–water partition coefficient (Wildman–Crippen LogP) is 2.22. The number of nitrogens with one attached hydrogen (secondary N) is 2. The molecule has 2 N–H and O–H groups in total. The van der Waals surface area contributed by atoms with Crippen LogP contribution in [0, 0.1) is 5.41 Å². The van der Waals surface area contributed by atoms with Gasteiger partial charge in [-0.3, -0.25) is 9.59 Å². The first-order chi connectivity index (χ1) is 11.9. The van der Waals surface area contributed by atoms with E-state index in [1.165, 1.54) is 0 Å². The number of rotatable bonds is 4. The summed E-state index contributed by atoms with van der Waals surface area (Å²) in [6.45, 7) is 12.5. The van der Waals surface area contributed by atoms with Gasteiger partial charge in [0.25, 0.3) is 0 Å². The van der Waals surface area contributed by atoms with Crippen LogP contribution in [0.15, 0.2) is 12.2 Å². The van der Waals surface area contributed by atoms with Crippen LogP contribution in [-0.4, -0.2) is 54.1 Å². The van der Waals surface area contributed by atoms with Crippen LogP contribution >= 0.6 is 0 Å². The average molecular weight is 367 g/mol. The fraction of sp³-hybridized carbons (Fsp3) is 0.737. The van der Waals surface area contributed by atoms with Gasteiger partial charge in [-0.15, -0.1) is 0 Å². The molecular formula is C19H33N3O4. The molecule has 0 aromatic rings. The number of carbonyl (C=O) groups is 3. The Morgan fingerprint density at radius 3 is 2.15 bits per heavy atom. The smallest absolute Gasteiger partial charge is 0.408 e. The van der Waals surface area contributed by atoms with E-state index in [2.05, 4.69) is 10.6 Å². The molecule has 1 saturated heterocycles. The molecule has 0 saturated carbocycles. The molecule has 26 heavy (non-hydrogen) atoms. The number of hydrogen-bond acceptors (Lipinski definition) is 4. The number of amides is 3. The third-order valence-corrected chi connectivity index (χ3v) is 3.69. The number of piperidine rings is 1. The Kier molecular flexibility index (Phi) is 7.66. The Bertz CT molecular complexity index is 536. The molecule has 0 bridgehead atoms. The summed E-state index contributed by atoms with van der Waals surface area (Å²) in [5.74, 6) is -0.246. The van der Waals surface area contributed by atoms with Crippen LogP contribution in [0.25, 0.3) is 0 Å². The fourth-order valence-corrected chi connectivity index (χ4v) is 2.42. The normalized spacial score (nSPS) is 16.5. The summed E-state index contributed by atoms with van der Waals surface area (Å²) in [6, 6.07) is 0.0126. The van der Waals surface area contributed by atoms with Gasteiger partial charge < -0.3 is 20.3 Å². The number of hydrogen-bond donors (Lipinski definition) is 2. The number of allylic oxidation sites excluding steroid dienone is 1. The van der Waals surface area contributed by atoms with Crippen LogP contribution in [0.2, 0.25) is 0 Å². The highest BCUT2D eigenvalue weighted by Gasteiger charge is 2.23. The van der Waals surface area contributed by atoms with Crippen molar-refractivity contribution in [2.75, 3.05) is 19.6 Å². The Labute approximate surface area is 156 Å². The van der Waals surface area contributed by atoms with Crippen LogP contribution in [0.3, 0.4) is 0 Å². The van der Waals surface area contributed by atoms with Crippen LogP contribution in [-0.2, 0) is 14.3 Å². The lowest BCUT2D eigenvalue weighted by Gasteiger charge is -2.32. The zero-order valence-electron chi connectivity index (χ0n) is 16.8. The maximum Gasteiger partial charge on any atom is 0.408 e. The van der Waals surface area contributed by atoms with Crippen molar-refractivity contribution < 1.29 is 19.1 Å². The van der Waals surface area contributed by atoms with Crippen LogP contribution in [0.4, 0.5) is 4.79 Å². The van der Waals surface area contributed by atoms with Gasteiger partial charge in [0.05, 0.1) is 0 Å². The molecule has 7 heteroatoms. The van der Waals surface area contributed by atoms with Gasteiger partial charge in [-0.1, -0.05) is 26.8 Å². The first-order valence-electron chi connectivity index (χ1n) is 9.10. The molecule has 0 unspecified atom stereocenters. The number of nitrogens with zero attached hydrogens (tertiary/aromatic N) is 1. The lowest BCUT2D eigenvalue weighted by Crippen LogP contribution is -2.48. The number of likely N-dealkylation sites (tertiary alicyclic amines) is 1. The molecule has 0 aromatic heterocycles. The number of carbonyl (C=O) groups excluding carboxylic acids is 3. The molecule has 3 amide bonds. The van der Waals surface area contributed by atoms with Crippen molar-refractivity contribution in [2.45, 2.75) is 66.0 Å². The van der Waals surface area contributed by atoms with Crippen LogP contribution in [0.1, 0.15) is 54.4 Å². The highest BCUT2D eigenvalue weighted by Crippen LogP contribution is 2.16. The monoisotopic (exact) mass is 367 g/mol. The maximum absolute atomic E-state index is 12.2. The minimum atomic E-state index is -0.612. The van der Waals surface area contributed by atoms with E-state index in [1.807, 2.05) is 26.8 Å². The Morgan fingerprint density at radius 2 is 1.65 bits per heavy atom. The van der Waals surface area contributed by atoms with E-state index in [9.17, 15) is 14.4 Å². The van der Waals surface area contributed by atoms with Crippen LogP contribution in [0.5, 0.6) is 0 Å². The van der Waals surface area contributed by atoms with Crippen molar-refractivity contribution in [3.63, 3.8) is 0 Å². The van der Waals surface area contributed by atoms with Gasteiger partial charge in [0.1, 0.15) is 12.1 Å². The molecule has 1 rings (SSSR count). The summed E-state index contributed by atoms with van der Waals surface area (Å²) < 4.78 is 5.08. The summed E-state index contributed by atoms with van der Waals surface area (Å²) >= 11 is 0. The van der Waals surface area contributed by atoms with Crippen LogP contribution < -0.4 is 10.6 Å². The average Bonchev–Trinajstić information content (AvgIpc) is 2.49. The second-order valence-electron chi connectivity index (χ2n) is 8.72. The van der Waals surface area contributed by atoms with E-state index in [1.54, 1.807) is 31.7 Å². The van der Waals surface area contributed by atoms with Crippen molar-refractivity contribution >= 4 is 17.9 Å². The highest BCUT2D eigenvalue weighted by atomic mass is 16.6. The molecular weight excluding hydrogens is 334 g/mol. The van der Waals surface area contributed by atoms with E-state index in [0.29, 0.717) is 25.9 Å². The molecule has 0 spiro atoms. The molecule has 0 aromatic carbocycles. The van der Waals surface area contributed by atoms with Gasteiger partial charge in [-0.25, -0.2) is 4.79 Å². The van der Waals surface area contributed by atoms with Crippen molar-refractivity contribution in [2.24, 2.45) is 5.41 Å². The minimum absolute atomic E-state index is 0.0105. The summed E-state index contributed by atoms with van der Waals surface area (Å²) in [4.78, 5) is 37.4. The summed E-state index contributed by atoms with van der Waals surface area (Å²) in [5, 5.41) is 5.33. The van der Waals surface area contributed by atoms with Crippen molar-refractivity contribution in [3.05, 3.63) is 12.2 Å².